The maximum atomic E-state index is 2.41. The molecule has 1 aliphatic rings. The van der Waals surface area contributed by atoms with Crippen molar-refractivity contribution in [1.82, 2.24) is 0 Å². The predicted molar refractivity (Wildman–Crippen MR) is 55.2 cm³/mol. The Balaban J connectivity index is 2.21. The molecule has 72 valence electrons. The first-order valence-electron chi connectivity index (χ1n) is 5.76. The molecule has 12 heavy (non-hydrogen) atoms. The van der Waals surface area contributed by atoms with Crippen LogP contribution in [0.5, 0.6) is 0 Å². The first kappa shape index (κ1) is 10.1. The van der Waals surface area contributed by atoms with E-state index < -0.39 is 0 Å². The normalized spacial score (nSPS) is 30.0. The van der Waals surface area contributed by atoms with Gasteiger partial charge in [-0.3, -0.25) is 0 Å². The third-order valence-corrected chi connectivity index (χ3v) is 3.62. The molecule has 0 aromatic carbocycles. The van der Waals surface area contributed by atoms with Gasteiger partial charge in [-0.2, -0.15) is 0 Å². The Morgan fingerprint density at radius 3 is 2.25 bits per heavy atom. The average molecular weight is 168 g/mol. The lowest BCUT2D eigenvalue weighted by molar-refractivity contribution is 0.351. The molecule has 0 saturated heterocycles. The molecule has 2 atom stereocenters. The molecule has 2 unspecified atom stereocenters. The van der Waals surface area contributed by atoms with Gasteiger partial charge in [0.1, 0.15) is 0 Å². The molecule has 0 radical (unpaired) electrons. The summed E-state index contributed by atoms with van der Waals surface area (Å²) in [6, 6.07) is 0. The fourth-order valence-electron chi connectivity index (χ4n) is 2.63. The Morgan fingerprint density at radius 2 is 1.83 bits per heavy atom. The Hall–Kier alpha value is 0. The predicted octanol–water partition coefficient (Wildman–Crippen LogP) is 4.25. The van der Waals surface area contributed by atoms with Gasteiger partial charge in [0.25, 0.3) is 0 Å². The first-order valence-corrected chi connectivity index (χ1v) is 5.76. The molecule has 0 aromatic heterocycles. The van der Waals surface area contributed by atoms with Crippen molar-refractivity contribution in [2.24, 2.45) is 17.8 Å². The van der Waals surface area contributed by atoms with E-state index >= 15 is 0 Å². The maximum Gasteiger partial charge on any atom is -0.0409 e. The molecule has 0 N–H and O–H groups in total. The van der Waals surface area contributed by atoms with Crippen molar-refractivity contribution in [3.05, 3.63) is 0 Å². The van der Waals surface area contributed by atoms with Gasteiger partial charge in [-0.25, -0.2) is 0 Å². The van der Waals surface area contributed by atoms with Gasteiger partial charge in [-0.1, -0.05) is 46.5 Å². The minimum absolute atomic E-state index is 1.01. The highest BCUT2D eigenvalue weighted by Crippen LogP contribution is 2.35. The van der Waals surface area contributed by atoms with Crippen molar-refractivity contribution in [3.63, 3.8) is 0 Å². The van der Waals surface area contributed by atoms with Gasteiger partial charge in [0, 0.05) is 0 Å². The fraction of sp³-hybridized carbons (Fsp3) is 1.00. The Kier molecular flexibility index (Phi) is 4.11. The van der Waals surface area contributed by atoms with Crippen LogP contribution >= 0.6 is 0 Å². The Labute approximate surface area is 77.7 Å². The van der Waals surface area contributed by atoms with Gasteiger partial charge in [0.05, 0.1) is 0 Å². The van der Waals surface area contributed by atoms with Crippen molar-refractivity contribution >= 4 is 0 Å². The third-order valence-electron chi connectivity index (χ3n) is 3.62. The maximum absolute atomic E-state index is 2.41. The molecule has 0 heterocycles. The zero-order valence-corrected chi connectivity index (χ0v) is 8.97. The summed E-state index contributed by atoms with van der Waals surface area (Å²) in [4.78, 5) is 0. The van der Waals surface area contributed by atoms with Crippen LogP contribution in [0.4, 0.5) is 0 Å². The van der Waals surface area contributed by atoms with Crippen LogP contribution in [0, 0.1) is 17.8 Å². The summed E-state index contributed by atoms with van der Waals surface area (Å²) in [5.74, 6) is 3.11. The SMILES string of the molecule is CCC(CC)CC1CCC(C)C1. The van der Waals surface area contributed by atoms with Crippen molar-refractivity contribution in [2.45, 2.75) is 59.3 Å². The van der Waals surface area contributed by atoms with Gasteiger partial charge >= 0.3 is 0 Å². The van der Waals surface area contributed by atoms with Crippen LogP contribution in [0.3, 0.4) is 0 Å². The summed E-state index contributed by atoms with van der Waals surface area (Å²) in [5, 5.41) is 0. The zero-order chi connectivity index (χ0) is 8.97. The van der Waals surface area contributed by atoms with Crippen LogP contribution in [0.2, 0.25) is 0 Å². The lowest BCUT2D eigenvalue weighted by Gasteiger charge is -2.17. The molecule has 0 heteroatoms. The number of hydrogen-bond acceptors (Lipinski definition) is 0. The smallest absolute Gasteiger partial charge is 0.0409 e. The minimum Gasteiger partial charge on any atom is -0.0651 e. The Morgan fingerprint density at radius 1 is 1.17 bits per heavy atom. The summed E-state index contributed by atoms with van der Waals surface area (Å²) in [6.07, 6.45) is 8.80. The second kappa shape index (κ2) is 4.89. The summed E-state index contributed by atoms with van der Waals surface area (Å²) >= 11 is 0. The van der Waals surface area contributed by atoms with Gasteiger partial charge < -0.3 is 0 Å². The molecule has 0 nitrogen and oxygen atoms in total. The van der Waals surface area contributed by atoms with E-state index in [2.05, 4.69) is 20.8 Å². The van der Waals surface area contributed by atoms with E-state index in [4.69, 9.17) is 0 Å². The average Bonchev–Trinajstić information content (AvgIpc) is 2.47. The molecule has 1 fully saturated rings. The lowest BCUT2D eigenvalue weighted by Crippen LogP contribution is -2.04. The Bertz CT molecular complexity index is 113. The van der Waals surface area contributed by atoms with Crippen LogP contribution in [-0.2, 0) is 0 Å². The van der Waals surface area contributed by atoms with Gasteiger partial charge in [0.2, 0.25) is 0 Å². The topological polar surface area (TPSA) is 0 Å². The van der Waals surface area contributed by atoms with Gasteiger partial charge in [-0.05, 0) is 30.6 Å². The summed E-state index contributed by atoms with van der Waals surface area (Å²) in [6.45, 7) is 7.09. The van der Waals surface area contributed by atoms with E-state index in [1.807, 2.05) is 0 Å². The molecule has 1 rings (SSSR count). The molecule has 1 aliphatic carbocycles. The summed E-state index contributed by atoms with van der Waals surface area (Å²) in [7, 11) is 0. The highest BCUT2D eigenvalue weighted by Gasteiger charge is 2.22. The van der Waals surface area contributed by atoms with Gasteiger partial charge in [-0.15, -0.1) is 0 Å². The van der Waals surface area contributed by atoms with Crippen LogP contribution in [0.15, 0.2) is 0 Å². The van der Waals surface area contributed by atoms with Crippen molar-refractivity contribution in [3.8, 4) is 0 Å². The molecular formula is C12H24. The van der Waals surface area contributed by atoms with E-state index in [0.717, 1.165) is 17.8 Å². The molecule has 1 saturated carbocycles. The largest absolute Gasteiger partial charge is 0.0651 e. The lowest BCUT2D eigenvalue weighted by atomic mass is 9.89. The van der Waals surface area contributed by atoms with Crippen LogP contribution < -0.4 is 0 Å². The molecule has 0 aromatic rings. The van der Waals surface area contributed by atoms with Crippen molar-refractivity contribution in [2.75, 3.05) is 0 Å². The fourth-order valence-corrected chi connectivity index (χ4v) is 2.63. The minimum atomic E-state index is 1.01. The van der Waals surface area contributed by atoms with E-state index in [1.54, 1.807) is 0 Å². The highest BCUT2D eigenvalue weighted by molar-refractivity contribution is 4.74. The molecule has 0 aliphatic heterocycles. The second-order valence-electron chi connectivity index (χ2n) is 4.70. The van der Waals surface area contributed by atoms with Crippen molar-refractivity contribution < 1.29 is 0 Å². The standard InChI is InChI=1S/C12H24/c1-4-11(5-2)9-12-7-6-10(3)8-12/h10-12H,4-9H2,1-3H3. The van der Waals surface area contributed by atoms with Crippen LogP contribution in [0.25, 0.3) is 0 Å². The second-order valence-corrected chi connectivity index (χ2v) is 4.70. The van der Waals surface area contributed by atoms with Gasteiger partial charge in [0.15, 0.2) is 0 Å². The molecular weight excluding hydrogens is 144 g/mol. The van der Waals surface area contributed by atoms with Crippen LogP contribution in [0.1, 0.15) is 59.3 Å². The first-order chi connectivity index (χ1) is 5.76. The van der Waals surface area contributed by atoms with E-state index in [1.165, 1.54) is 38.5 Å². The highest BCUT2D eigenvalue weighted by atomic mass is 14.3. The molecule has 0 bridgehead atoms. The number of hydrogen-bond donors (Lipinski definition) is 0. The molecule has 0 spiro atoms. The zero-order valence-electron chi connectivity index (χ0n) is 8.97. The van der Waals surface area contributed by atoms with E-state index in [0.29, 0.717) is 0 Å². The quantitative estimate of drug-likeness (QED) is 0.588. The van der Waals surface area contributed by atoms with Crippen molar-refractivity contribution in [1.29, 1.82) is 0 Å². The third kappa shape index (κ3) is 2.80. The van der Waals surface area contributed by atoms with E-state index in [9.17, 15) is 0 Å². The summed E-state index contributed by atoms with van der Waals surface area (Å²) < 4.78 is 0. The van der Waals surface area contributed by atoms with Crippen LogP contribution in [-0.4, -0.2) is 0 Å². The summed E-state index contributed by atoms with van der Waals surface area (Å²) in [5.41, 5.74) is 0. The molecule has 0 amide bonds. The van der Waals surface area contributed by atoms with E-state index in [-0.39, 0.29) is 0 Å². The monoisotopic (exact) mass is 168 g/mol. The number of rotatable bonds is 4.